The van der Waals surface area contributed by atoms with Gasteiger partial charge in [0.25, 0.3) is 5.91 Å². The molecule has 1 aromatic carbocycles. The summed E-state index contributed by atoms with van der Waals surface area (Å²) in [6.07, 6.45) is 3.38. The third kappa shape index (κ3) is 4.33. The third-order valence-corrected chi connectivity index (χ3v) is 7.52. The zero-order chi connectivity index (χ0) is 18.9. The lowest BCUT2D eigenvalue weighted by atomic mass is 10.0. The van der Waals surface area contributed by atoms with E-state index in [0.717, 1.165) is 17.7 Å². The van der Waals surface area contributed by atoms with E-state index in [9.17, 15) is 13.2 Å². The van der Waals surface area contributed by atoms with Crippen molar-refractivity contribution >= 4 is 48.3 Å². The molecule has 1 amide bonds. The molecule has 3 rings (SSSR count). The third-order valence-electron chi connectivity index (χ3n) is 4.36. The highest BCUT2D eigenvalue weighted by atomic mass is 79.9. The Morgan fingerprint density at radius 2 is 2.00 bits per heavy atom. The molecule has 0 atom stereocenters. The summed E-state index contributed by atoms with van der Waals surface area (Å²) in [6, 6.07) is 4.57. The molecule has 26 heavy (non-hydrogen) atoms. The van der Waals surface area contributed by atoms with Crippen molar-refractivity contribution in [1.82, 2.24) is 9.29 Å². The second-order valence-electron chi connectivity index (χ2n) is 6.49. The molecule has 0 radical (unpaired) electrons. The minimum atomic E-state index is -3.62. The zero-order valence-corrected chi connectivity index (χ0v) is 17.7. The molecule has 0 unspecified atom stereocenters. The van der Waals surface area contributed by atoms with Gasteiger partial charge in [0.15, 0.2) is 5.13 Å². The monoisotopic (exact) mass is 457 g/mol. The van der Waals surface area contributed by atoms with E-state index < -0.39 is 10.0 Å². The van der Waals surface area contributed by atoms with E-state index in [1.807, 2.05) is 6.92 Å². The van der Waals surface area contributed by atoms with Crippen LogP contribution in [0.3, 0.4) is 0 Å². The molecule has 1 aromatic heterocycles. The van der Waals surface area contributed by atoms with Crippen molar-refractivity contribution in [2.45, 2.75) is 31.6 Å². The van der Waals surface area contributed by atoms with E-state index in [2.05, 4.69) is 33.2 Å². The smallest absolute Gasteiger partial charge is 0.257 e. The average Bonchev–Trinajstić information content (AvgIpc) is 2.99. The zero-order valence-electron chi connectivity index (χ0n) is 14.5. The molecular weight excluding hydrogens is 438 g/mol. The number of anilines is 1. The van der Waals surface area contributed by atoms with Gasteiger partial charge in [0.05, 0.1) is 4.90 Å². The van der Waals surface area contributed by atoms with E-state index >= 15 is 0 Å². The lowest BCUT2D eigenvalue weighted by Crippen LogP contribution is -2.38. The van der Waals surface area contributed by atoms with E-state index in [1.165, 1.54) is 27.8 Å². The van der Waals surface area contributed by atoms with Crippen LogP contribution in [0.25, 0.3) is 0 Å². The van der Waals surface area contributed by atoms with Gasteiger partial charge in [-0.25, -0.2) is 13.4 Å². The van der Waals surface area contributed by atoms with Crippen LogP contribution in [0.1, 0.15) is 35.0 Å². The molecule has 1 aliphatic heterocycles. The first-order valence-electron chi connectivity index (χ1n) is 8.30. The summed E-state index contributed by atoms with van der Waals surface area (Å²) < 4.78 is 27.9. The van der Waals surface area contributed by atoms with Gasteiger partial charge < -0.3 is 0 Å². The number of thiazole rings is 1. The molecule has 0 bridgehead atoms. The molecule has 2 aromatic rings. The van der Waals surface area contributed by atoms with Gasteiger partial charge in [-0.05, 0) is 43.9 Å². The number of nitrogens with one attached hydrogen (secondary N) is 1. The van der Waals surface area contributed by atoms with Crippen LogP contribution in [0.4, 0.5) is 5.13 Å². The van der Waals surface area contributed by atoms with Crippen molar-refractivity contribution in [3.8, 4) is 0 Å². The second kappa shape index (κ2) is 7.75. The number of hydrogen-bond donors (Lipinski definition) is 1. The number of rotatable bonds is 4. The first-order chi connectivity index (χ1) is 12.3. The molecule has 6 nitrogen and oxygen atoms in total. The van der Waals surface area contributed by atoms with Crippen molar-refractivity contribution in [2.75, 3.05) is 18.4 Å². The normalized spacial score (nSPS) is 16.6. The number of amides is 1. The predicted octanol–water partition coefficient (Wildman–Crippen LogP) is 3.89. The molecule has 140 valence electrons. The van der Waals surface area contributed by atoms with Crippen LogP contribution in [-0.4, -0.2) is 36.7 Å². The standard InChI is InChI=1S/C17H20BrN3O3S2/c1-11-3-5-21(6-4-11)26(23,24)15-8-13(7-14(18)9-15)16(22)20-17-19-10-12(2)25-17/h7-11H,3-6H2,1-2H3,(H,19,20,22). The summed E-state index contributed by atoms with van der Waals surface area (Å²) in [4.78, 5) is 17.7. The summed E-state index contributed by atoms with van der Waals surface area (Å²) in [5, 5.41) is 3.20. The highest BCUT2D eigenvalue weighted by Gasteiger charge is 2.29. The Morgan fingerprint density at radius 3 is 2.62 bits per heavy atom. The molecule has 9 heteroatoms. The van der Waals surface area contributed by atoms with Crippen molar-refractivity contribution in [2.24, 2.45) is 5.92 Å². The van der Waals surface area contributed by atoms with Crippen LogP contribution in [-0.2, 0) is 10.0 Å². The molecule has 0 aliphatic carbocycles. The Balaban J connectivity index is 1.86. The van der Waals surface area contributed by atoms with Crippen molar-refractivity contribution in [1.29, 1.82) is 0 Å². The minimum Gasteiger partial charge on any atom is -0.298 e. The number of sulfonamides is 1. The van der Waals surface area contributed by atoms with Crippen molar-refractivity contribution in [3.63, 3.8) is 0 Å². The average molecular weight is 458 g/mol. The molecule has 0 saturated carbocycles. The lowest BCUT2D eigenvalue weighted by Gasteiger charge is -2.29. The Kier molecular flexibility index (Phi) is 5.81. The minimum absolute atomic E-state index is 0.127. The van der Waals surface area contributed by atoms with Crippen LogP contribution >= 0.6 is 27.3 Å². The molecule has 1 fully saturated rings. The van der Waals surface area contributed by atoms with Gasteiger partial charge in [0.2, 0.25) is 10.0 Å². The molecule has 1 saturated heterocycles. The number of carbonyl (C=O) groups is 1. The topological polar surface area (TPSA) is 79.4 Å². The maximum Gasteiger partial charge on any atom is 0.257 e. The van der Waals surface area contributed by atoms with Crippen molar-refractivity contribution < 1.29 is 13.2 Å². The maximum atomic E-state index is 12.9. The molecule has 0 spiro atoms. The van der Waals surface area contributed by atoms with Crippen LogP contribution < -0.4 is 5.32 Å². The first kappa shape index (κ1) is 19.5. The number of aryl methyl sites for hydroxylation is 1. The molecule has 1 N–H and O–H groups in total. The summed E-state index contributed by atoms with van der Waals surface area (Å²) in [5.74, 6) is 0.149. The molecular formula is C17H20BrN3O3S2. The number of carbonyl (C=O) groups excluding carboxylic acids is 1. The van der Waals surface area contributed by atoms with Gasteiger partial charge >= 0.3 is 0 Å². The summed E-state index contributed by atoms with van der Waals surface area (Å²) in [6.45, 7) is 5.05. The van der Waals surface area contributed by atoms with Crippen molar-refractivity contribution in [3.05, 3.63) is 39.3 Å². The van der Waals surface area contributed by atoms with Crippen LogP contribution in [0.15, 0.2) is 33.8 Å². The maximum absolute atomic E-state index is 12.9. The molecule has 2 heterocycles. The largest absolute Gasteiger partial charge is 0.298 e. The van der Waals surface area contributed by atoms with E-state index in [0.29, 0.717) is 28.6 Å². The Bertz CT molecular complexity index is 919. The lowest BCUT2D eigenvalue weighted by molar-refractivity contribution is 0.102. The van der Waals surface area contributed by atoms with Gasteiger partial charge in [0, 0.05) is 34.2 Å². The first-order valence-corrected chi connectivity index (χ1v) is 11.3. The fourth-order valence-corrected chi connectivity index (χ4v) is 5.64. The van der Waals surface area contributed by atoms with Crippen LogP contribution in [0, 0.1) is 12.8 Å². The Labute approximate surface area is 165 Å². The highest BCUT2D eigenvalue weighted by Crippen LogP contribution is 2.27. The summed E-state index contributed by atoms with van der Waals surface area (Å²) in [5.41, 5.74) is 0.274. The van der Waals surface area contributed by atoms with Crippen LogP contribution in [0.2, 0.25) is 0 Å². The number of halogens is 1. The quantitative estimate of drug-likeness (QED) is 0.754. The highest BCUT2D eigenvalue weighted by molar-refractivity contribution is 9.10. The number of hydrogen-bond acceptors (Lipinski definition) is 5. The van der Waals surface area contributed by atoms with Gasteiger partial charge in [-0.3, -0.25) is 10.1 Å². The van der Waals surface area contributed by atoms with Crippen LogP contribution in [0.5, 0.6) is 0 Å². The summed E-state index contributed by atoms with van der Waals surface area (Å²) in [7, 11) is -3.62. The fourth-order valence-electron chi connectivity index (χ4n) is 2.80. The predicted molar refractivity (Wildman–Crippen MR) is 106 cm³/mol. The van der Waals surface area contributed by atoms with Gasteiger partial charge in [-0.15, -0.1) is 11.3 Å². The number of nitrogens with zero attached hydrogens (tertiary/aromatic N) is 2. The molecule has 1 aliphatic rings. The van der Waals surface area contributed by atoms with Gasteiger partial charge in [-0.1, -0.05) is 22.9 Å². The van der Waals surface area contributed by atoms with Gasteiger partial charge in [-0.2, -0.15) is 4.31 Å². The second-order valence-corrected chi connectivity index (χ2v) is 10.6. The number of aromatic nitrogens is 1. The number of benzene rings is 1. The van der Waals surface area contributed by atoms with E-state index in [-0.39, 0.29) is 16.4 Å². The Morgan fingerprint density at radius 1 is 1.31 bits per heavy atom. The van der Waals surface area contributed by atoms with E-state index in [4.69, 9.17) is 0 Å². The summed E-state index contributed by atoms with van der Waals surface area (Å²) >= 11 is 4.69. The SMILES string of the molecule is Cc1cnc(NC(=O)c2cc(Br)cc(S(=O)(=O)N3CCC(C)CC3)c2)s1. The number of piperidine rings is 1. The van der Waals surface area contributed by atoms with E-state index in [1.54, 1.807) is 12.3 Å². The van der Waals surface area contributed by atoms with Gasteiger partial charge in [0.1, 0.15) is 0 Å². The Hall–Kier alpha value is -1.29. The fraction of sp³-hybridized carbons (Fsp3) is 0.412.